The molecule has 0 saturated heterocycles. The Kier molecular flexibility index (Phi) is 4.31. The van der Waals surface area contributed by atoms with Crippen LogP contribution in [-0.2, 0) is 0 Å². The Labute approximate surface area is 94.8 Å². The fourth-order valence-corrected chi connectivity index (χ4v) is 1.48. The van der Waals surface area contributed by atoms with Gasteiger partial charge < -0.3 is 9.47 Å². The van der Waals surface area contributed by atoms with Crippen molar-refractivity contribution >= 4 is 11.9 Å². The van der Waals surface area contributed by atoms with Gasteiger partial charge in [-0.25, -0.2) is 0 Å². The monoisotopic (exact) mass is 253 g/mol. The van der Waals surface area contributed by atoms with Gasteiger partial charge in [0.1, 0.15) is 11.5 Å². The van der Waals surface area contributed by atoms with Gasteiger partial charge in [0.2, 0.25) is 0 Å². The van der Waals surface area contributed by atoms with Crippen LogP contribution < -0.4 is 14.6 Å². The molecule has 1 aromatic carbocycles. The van der Waals surface area contributed by atoms with Gasteiger partial charge in [0.15, 0.2) is 0 Å². The molecule has 0 atom stereocenters. The molecule has 0 saturated carbocycles. The van der Waals surface area contributed by atoms with Gasteiger partial charge in [-0.05, 0) is 37.1 Å². The molecular weight excluding hydrogens is 243 g/mol. The minimum absolute atomic E-state index is 0.316. The summed E-state index contributed by atoms with van der Waals surface area (Å²) in [6.07, 6.45) is -4.70. The zero-order valence-electron chi connectivity index (χ0n) is 8.38. The maximum atomic E-state index is 11.9. The predicted molar refractivity (Wildman–Crippen MR) is 54.3 cm³/mol. The van der Waals surface area contributed by atoms with E-state index in [1.165, 1.54) is 18.2 Å². The number of hydrogen-bond acceptors (Lipinski definition) is 4. The molecule has 0 bridgehead atoms. The maximum Gasteiger partial charge on any atom is 0.573 e. The topological polar surface area (TPSA) is 44.5 Å². The number of hydrogen-bond donors (Lipinski definition) is 1. The number of ether oxygens (including phenoxy) is 2. The first-order valence-corrected chi connectivity index (χ1v) is 5.23. The largest absolute Gasteiger partial charge is 0.573 e. The highest BCUT2D eigenvalue weighted by Gasteiger charge is 2.31. The minimum Gasteiger partial charge on any atom is -0.493 e. The van der Waals surface area contributed by atoms with E-state index in [9.17, 15) is 13.2 Å². The Morgan fingerprint density at radius 1 is 1.38 bits per heavy atom. The number of halogens is 3. The molecule has 0 heterocycles. The van der Waals surface area contributed by atoms with Crippen molar-refractivity contribution < 1.29 is 22.6 Å². The van der Waals surface area contributed by atoms with E-state index in [0.717, 1.165) is 11.9 Å². The van der Waals surface area contributed by atoms with E-state index in [1.54, 1.807) is 6.92 Å². The molecule has 3 nitrogen and oxygen atoms in total. The molecule has 0 aliphatic rings. The van der Waals surface area contributed by atoms with Crippen LogP contribution in [0.4, 0.5) is 13.2 Å². The molecule has 90 valence electrons. The molecule has 0 spiro atoms. The second kappa shape index (κ2) is 5.31. The summed E-state index contributed by atoms with van der Waals surface area (Å²) in [6.45, 7) is 2.18. The van der Waals surface area contributed by atoms with Crippen molar-refractivity contribution in [3.8, 4) is 11.5 Å². The third-order valence-electron chi connectivity index (χ3n) is 1.58. The van der Waals surface area contributed by atoms with Crippen molar-refractivity contribution in [1.82, 2.24) is 0 Å². The third kappa shape index (κ3) is 3.82. The highest BCUT2D eigenvalue weighted by molar-refractivity contribution is 7.97. The first kappa shape index (κ1) is 13.0. The van der Waals surface area contributed by atoms with Gasteiger partial charge in [-0.1, -0.05) is 0 Å². The molecule has 0 radical (unpaired) electrons. The smallest absolute Gasteiger partial charge is 0.493 e. The summed E-state index contributed by atoms with van der Waals surface area (Å²) in [5.74, 6) is 0.119. The summed E-state index contributed by atoms with van der Waals surface area (Å²) in [7, 11) is 0. The fourth-order valence-electron chi connectivity index (χ4n) is 1.05. The van der Waals surface area contributed by atoms with Crippen LogP contribution >= 0.6 is 11.9 Å². The molecule has 0 fully saturated rings. The maximum absolute atomic E-state index is 11.9. The van der Waals surface area contributed by atoms with Crippen molar-refractivity contribution in [3.63, 3.8) is 0 Å². The normalized spacial score (nSPS) is 11.3. The van der Waals surface area contributed by atoms with Gasteiger partial charge in [-0.2, -0.15) is 0 Å². The highest BCUT2D eigenvalue weighted by atomic mass is 32.2. The second-order valence-corrected chi connectivity index (χ2v) is 3.38. The average molecular weight is 253 g/mol. The number of alkyl halides is 3. The number of benzene rings is 1. The van der Waals surface area contributed by atoms with Gasteiger partial charge >= 0.3 is 6.36 Å². The van der Waals surface area contributed by atoms with Crippen molar-refractivity contribution in [3.05, 3.63) is 18.2 Å². The lowest BCUT2D eigenvalue weighted by Gasteiger charge is -2.12. The molecule has 0 unspecified atom stereocenters. The molecule has 16 heavy (non-hydrogen) atoms. The molecule has 1 rings (SSSR count). The van der Waals surface area contributed by atoms with Gasteiger partial charge in [-0.15, -0.1) is 13.2 Å². The van der Waals surface area contributed by atoms with Crippen LogP contribution in [0, 0.1) is 0 Å². The van der Waals surface area contributed by atoms with E-state index < -0.39 is 6.36 Å². The van der Waals surface area contributed by atoms with Crippen molar-refractivity contribution in [1.29, 1.82) is 0 Å². The minimum atomic E-state index is -4.70. The summed E-state index contributed by atoms with van der Waals surface area (Å²) in [5.41, 5.74) is 0. The van der Waals surface area contributed by atoms with Gasteiger partial charge in [0, 0.05) is 0 Å². The zero-order chi connectivity index (χ0) is 12.2. The van der Waals surface area contributed by atoms with Crippen molar-refractivity contribution in [2.45, 2.75) is 18.2 Å². The molecule has 1 aromatic rings. The predicted octanol–water partition coefficient (Wildman–Crippen LogP) is 2.95. The fraction of sp³-hybridized carbons (Fsp3) is 0.333. The van der Waals surface area contributed by atoms with Crippen LogP contribution in [0.2, 0.25) is 0 Å². The van der Waals surface area contributed by atoms with Crippen LogP contribution in [0.5, 0.6) is 11.5 Å². The molecule has 7 heteroatoms. The number of nitrogens with two attached hydrogens (primary N) is 1. The quantitative estimate of drug-likeness (QED) is 0.838. The lowest BCUT2D eigenvalue weighted by Crippen LogP contribution is -2.17. The van der Waals surface area contributed by atoms with Gasteiger partial charge in [-0.3, -0.25) is 5.14 Å². The first-order valence-electron chi connectivity index (χ1n) is 4.35. The molecular formula is C9H10F3NO2S. The van der Waals surface area contributed by atoms with E-state index in [1.807, 2.05) is 0 Å². The van der Waals surface area contributed by atoms with E-state index in [-0.39, 0.29) is 5.75 Å². The SMILES string of the molecule is CCOc1ccc(OC(F)(F)F)cc1SN. The summed E-state index contributed by atoms with van der Waals surface area (Å²) in [4.78, 5) is 0.392. The molecule has 0 aliphatic carbocycles. The summed E-state index contributed by atoms with van der Waals surface area (Å²) in [5, 5.41) is 5.31. The average Bonchev–Trinajstić information content (AvgIpc) is 2.18. The Bertz CT molecular complexity index is 357. The molecule has 0 amide bonds. The molecule has 2 N–H and O–H groups in total. The first-order chi connectivity index (χ1) is 7.46. The van der Waals surface area contributed by atoms with E-state index >= 15 is 0 Å². The van der Waals surface area contributed by atoms with Crippen LogP contribution in [0.25, 0.3) is 0 Å². The van der Waals surface area contributed by atoms with Gasteiger partial charge in [0.25, 0.3) is 0 Å². The Morgan fingerprint density at radius 3 is 2.56 bits per heavy atom. The Hall–Kier alpha value is -1.08. The highest BCUT2D eigenvalue weighted by Crippen LogP contribution is 2.32. The van der Waals surface area contributed by atoms with E-state index in [0.29, 0.717) is 17.3 Å². The van der Waals surface area contributed by atoms with Crippen LogP contribution in [0.1, 0.15) is 6.92 Å². The van der Waals surface area contributed by atoms with Gasteiger partial charge in [0.05, 0.1) is 11.5 Å². The van der Waals surface area contributed by atoms with Crippen LogP contribution in [0.15, 0.2) is 23.1 Å². The lowest BCUT2D eigenvalue weighted by molar-refractivity contribution is -0.274. The summed E-state index contributed by atoms with van der Waals surface area (Å²) in [6, 6.07) is 3.75. The van der Waals surface area contributed by atoms with Crippen molar-refractivity contribution in [2.75, 3.05) is 6.61 Å². The van der Waals surface area contributed by atoms with E-state index in [4.69, 9.17) is 9.88 Å². The van der Waals surface area contributed by atoms with Crippen LogP contribution in [-0.4, -0.2) is 13.0 Å². The van der Waals surface area contributed by atoms with Crippen molar-refractivity contribution in [2.24, 2.45) is 5.14 Å². The third-order valence-corrected chi connectivity index (χ3v) is 2.15. The zero-order valence-corrected chi connectivity index (χ0v) is 9.19. The standard InChI is InChI=1S/C9H10F3NO2S/c1-2-14-7-4-3-6(5-8(7)16-13)15-9(10,11)12/h3-5H,2,13H2,1H3. The van der Waals surface area contributed by atoms with Crippen LogP contribution in [0.3, 0.4) is 0 Å². The second-order valence-electron chi connectivity index (χ2n) is 2.71. The lowest BCUT2D eigenvalue weighted by atomic mass is 10.3. The summed E-state index contributed by atoms with van der Waals surface area (Å²) >= 11 is 0.803. The molecule has 0 aromatic heterocycles. The Morgan fingerprint density at radius 2 is 2.06 bits per heavy atom. The summed E-state index contributed by atoms with van der Waals surface area (Å²) < 4.78 is 44.7. The Balaban J connectivity index is 2.90. The van der Waals surface area contributed by atoms with E-state index in [2.05, 4.69) is 4.74 Å². The number of rotatable bonds is 4. The molecule has 0 aliphatic heterocycles.